The third-order valence-electron chi connectivity index (χ3n) is 7.25. The molecule has 1 aromatic heterocycles. The van der Waals surface area contributed by atoms with Crippen molar-refractivity contribution < 1.29 is 5.11 Å². The van der Waals surface area contributed by atoms with Gasteiger partial charge in [-0.25, -0.2) is 0 Å². The predicted octanol–water partition coefficient (Wildman–Crippen LogP) is 8.48. The number of para-hydroxylation sites is 2. The summed E-state index contributed by atoms with van der Waals surface area (Å²) < 4.78 is 2.31. The van der Waals surface area contributed by atoms with E-state index < -0.39 is 6.10 Å². The minimum atomic E-state index is -0.617. The first-order valence-electron chi connectivity index (χ1n) is 13.5. The maximum absolute atomic E-state index is 11.7. The van der Waals surface area contributed by atoms with E-state index in [1.54, 1.807) is 0 Å². The fourth-order valence-electron chi connectivity index (χ4n) is 5.51. The van der Waals surface area contributed by atoms with Crippen molar-refractivity contribution in [3.8, 4) is 22.4 Å². The van der Waals surface area contributed by atoms with Crippen LogP contribution in [0.15, 0.2) is 140 Å². The Morgan fingerprint density at radius 3 is 1.72 bits per heavy atom. The fourth-order valence-corrected chi connectivity index (χ4v) is 5.51. The number of aliphatic hydroxyl groups is 1. The summed E-state index contributed by atoms with van der Waals surface area (Å²) in [6.45, 7) is 3.07. The second-order valence-corrected chi connectivity index (χ2v) is 10.0. The van der Waals surface area contributed by atoms with Gasteiger partial charge in [-0.1, -0.05) is 109 Å². The van der Waals surface area contributed by atoms with Crippen LogP contribution in [0.2, 0.25) is 0 Å². The zero-order valence-corrected chi connectivity index (χ0v) is 22.1. The van der Waals surface area contributed by atoms with Crippen LogP contribution in [-0.2, 0) is 6.54 Å². The third-order valence-corrected chi connectivity index (χ3v) is 7.25. The number of hydrogen-bond donors (Lipinski definition) is 1. The van der Waals surface area contributed by atoms with Gasteiger partial charge in [0.05, 0.1) is 24.9 Å². The highest BCUT2D eigenvalue weighted by Gasteiger charge is 2.23. The molecular formula is C36H32N2O. The van der Waals surface area contributed by atoms with Crippen LogP contribution in [0, 0.1) is 6.92 Å². The molecule has 0 saturated heterocycles. The lowest BCUT2D eigenvalue weighted by Crippen LogP contribution is -2.32. The van der Waals surface area contributed by atoms with Crippen LogP contribution in [0.5, 0.6) is 0 Å². The highest BCUT2D eigenvalue weighted by atomic mass is 16.3. The normalized spacial score (nSPS) is 11.9. The van der Waals surface area contributed by atoms with Crippen LogP contribution >= 0.6 is 0 Å². The molecule has 0 aliphatic rings. The molecule has 6 aromatic rings. The number of benzene rings is 5. The third kappa shape index (κ3) is 5.09. The van der Waals surface area contributed by atoms with Gasteiger partial charge in [-0.2, -0.15) is 0 Å². The molecular weight excluding hydrogens is 476 g/mol. The maximum Gasteiger partial charge on any atom is 0.0898 e. The monoisotopic (exact) mass is 508 g/mol. The molecule has 3 nitrogen and oxygen atoms in total. The number of rotatable bonds is 8. The molecule has 3 heteroatoms. The Hall–Kier alpha value is -4.60. The number of aryl methyl sites for hydroxylation is 1. The first-order valence-corrected chi connectivity index (χ1v) is 13.5. The average molecular weight is 509 g/mol. The van der Waals surface area contributed by atoms with Crippen molar-refractivity contribution in [3.05, 3.63) is 145 Å². The quantitative estimate of drug-likeness (QED) is 0.223. The van der Waals surface area contributed by atoms with E-state index in [1.165, 1.54) is 22.1 Å². The number of aliphatic hydroxyl groups excluding tert-OH is 1. The lowest BCUT2D eigenvalue weighted by atomic mass is 9.98. The van der Waals surface area contributed by atoms with Gasteiger partial charge in [-0.15, -0.1) is 0 Å². The number of hydrogen-bond acceptors (Lipinski definition) is 2. The molecule has 0 spiro atoms. The highest BCUT2D eigenvalue weighted by molar-refractivity contribution is 6.04. The van der Waals surface area contributed by atoms with Gasteiger partial charge in [0.25, 0.3) is 0 Å². The fraction of sp³-hybridized carbons (Fsp3) is 0.111. The molecule has 0 unspecified atom stereocenters. The van der Waals surface area contributed by atoms with E-state index in [4.69, 9.17) is 0 Å². The summed E-state index contributed by atoms with van der Waals surface area (Å²) in [5.74, 6) is 0. The Morgan fingerprint density at radius 2 is 1.15 bits per heavy atom. The van der Waals surface area contributed by atoms with Gasteiger partial charge in [0.15, 0.2) is 0 Å². The van der Waals surface area contributed by atoms with Gasteiger partial charge in [-0.05, 0) is 54.4 Å². The minimum absolute atomic E-state index is 0.465. The van der Waals surface area contributed by atoms with Gasteiger partial charge in [0, 0.05) is 27.8 Å². The summed E-state index contributed by atoms with van der Waals surface area (Å²) in [5, 5.41) is 12.9. The van der Waals surface area contributed by atoms with Crippen LogP contribution in [0.1, 0.15) is 5.56 Å². The second-order valence-electron chi connectivity index (χ2n) is 10.0. The van der Waals surface area contributed by atoms with Crippen molar-refractivity contribution >= 4 is 22.3 Å². The van der Waals surface area contributed by atoms with Gasteiger partial charge < -0.3 is 14.6 Å². The van der Waals surface area contributed by atoms with E-state index in [0.29, 0.717) is 13.1 Å². The molecule has 1 heterocycles. The van der Waals surface area contributed by atoms with Crippen LogP contribution in [-0.4, -0.2) is 22.3 Å². The lowest BCUT2D eigenvalue weighted by Gasteiger charge is -2.28. The van der Waals surface area contributed by atoms with E-state index in [1.807, 2.05) is 36.4 Å². The van der Waals surface area contributed by atoms with Crippen molar-refractivity contribution in [1.82, 2.24) is 4.57 Å². The van der Waals surface area contributed by atoms with E-state index in [0.717, 1.165) is 28.1 Å². The first-order chi connectivity index (χ1) is 19.2. The lowest BCUT2D eigenvalue weighted by molar-refractivity contribution is 0.164. The molecule has 192 valence electrons. The highest BCUT2D eigenvalue weighted by Crippen LogP contribution is 2.41. The van der Waals surface area contributed by atoms with Gasteiger partial charge in [-0.3, -0.25) is 0 Å². The Morgan fingerprint density at radius 1 is 0.641 bits per heavy atom. The molecule has 1 N–H and O–H groups in total. The van der Waals surface area contributed by atoms with Crippen molar-refractivity contribution in [2.24, 2.45) is 0 Å². The van der Waals surface area contributed by atoms with Crippen LogP contribution < -0.4 is 4.90 Å². The predicted molar refractivity (Wildman–Crippen MR) is 163 cm³/mol. The van der Waals surface area contributed by atoms with Crippen molar-refractivity contribution in [2.75, 3.05) is 11.4 Å². The number of fused-ring (bicyclic) bond motifs is 1. The summed E-state index contributed by atoms with van der Waals surface area (Å²) in [6, 6.07) is 48.4. The Labute approximate surface area is 230 Å². The van der Waals surface area contributed by atoms with Gasteiger partial charge in [0.1, 0.15) is 0 Å². The first kappa shape index (κ1) is 24.7. The second kappa shape index (κ2) is 11.0. The molecule has 0 aliphatic heterocycles. The molecule has 0 aliphatic carbocycles. The number of anilines is 2. The molecule has 0 fully saturated rings. The number of nitrogens with zero attached hydrogens (tertiary/aromatic N) is 2. The standard InChI is InChI=1S/C36H32N2O/c1-27-22-23-34-33(24-27)35(28-14-6-2-7-15-28)36(29-16-8-3-9-17-29)38(34)26-32(39)25-37(30-18-10-4-11-19-30)31-20-12-5-13-21-31/h2-24,32,39H,25-26H2,1H3/t32-/m1/s1. The Kier molecular flexibility index (Phi) is 6.99. The topological polar surface area (TPSA) is 28.4 Å². The number of aromatic nitrogens is 1. The van der Waals surface area contributed by atoms with Crippen LogP contribution in [0.3, 0.4) is 0 Å². The zero-order chi connectivity index (χ0) is 26.6. The SMILES string of the molecule is Cc1ccc2c(c1)c(-c1ccccc1)c(-c1ccccc1)n2C[C@H](O)CN(c1ccccc1)c1ccccc1. The Bertz CT molecular complexity index is 1620. The largest absolute Gasteiger partial charge is 0.389 e. The van der Waals surface area contributed by atoms with E-state index in [9.17, 15) is 5.11 Å². The summed E-state index contributed by atoms with van der Waals surface area (Å²) >= 11 is 0. The minimum Gasteiger partial charge on any atom is -0.389 e. The molecule has 0 amide bonds. The maximum atomic E-state index is 11.7. The van der Waals surface area contributed by atoms with Gasteiger partial charge >= 0.3 is 0 Å². The van der Waals surface area contributed by atoms with Crippen LogP contribution in [0.4, 0.5) is 11.4 Å². The molecule has 1 atom stereocenters. The van der Waals surface area contributed by atoms with E-state index in [-0.39, 0.29) is 0 Å². The van der Waals surface area contributed by atoms with Crippen molar-refractivity contribution in [1.29, 1.82) is 0 Å². The summed E-state index contributed by atoms with van der Waals surface area (Å²) in [6.07, 6.45) is -0.617. The van der Waals surface area contributed by atoms with Crippen molar-refractivity contribution in [2.45, 2.75) is 19.6 Å². The summed E-state index contributed by atoms with van der Waals surface area (Å²) in [5.41, 5.74) is 9.12. The van der Waals surface area contributed by atoms with E-state index in [2.05, 4.69) is 120 Å². The molecule has 6 rings (SSSR count). The van der Waals surface area contributed by atoms with Gasteiger partial charge in [0.2, 0.25) is 0 Å². The van der Waals surface area contributed by atoms with Crippen LogP contribution in [0.25, 0.3) is 33.3 Å². The van der Waals surface area contributed by atoms with E-state index >= 15 is 0 Å². The zero-order valence-electron chi connectivity index (χ0n) is 22.1. The molecule has 0 radical (unpaired) electrons. The van der Waals surface area contributed by atoms with Crippen molar-refractivity contribution in [3.63, 3.8) is 0 Å². The summed E-state index contributed by atoms with van der Waals surface area (Å²) in [4.78, 5) is 2.20. The molecule has 39 heavy (non-hydrogen) atoms. The smallest absolute Gasteiger partial charge is 0.0898 e. The molecule has 0 saturated carbocycles. The molecule has 0 bridgehead atoms. The average Bonchev–Trinajstić information content (AvgIpc) is 3.30. The summed E-state index contributed by atoms with van der Waals surface area (Å²) in [7, 11) is 0. The molecule has 5 aromatic carbocycles. The Balaban J connectivity index is 1.47.